The standard InChI is InChI=1S/C15H14ClNO3S/c1-7-5-4-6-10(12(7)16)13(18)17-14-11(15(19)20)8(2)9(3)21-14/h4-6H,1-3H3,(H,17,18)(H,19,20). The number of benzene rings is 1. The number of carbonyl (C=O) groups is 2. The summed E-state index contributed by atoms with van der Waals surface area (Å²) in [5, 5.41) is 12.6. The van der Waals surface area contributed by atoms with Crippen molar-refractivity contribution >= 4 is 39.8 Å². The molecule has 0 bridgehead atoms. The minimum Gasteiger partial charge on any atom is -0.478 e. The van der Waals surface area contributed by atoms with Crippen LogP contribution in [-0.4, -0.2) is 17.0 Å². The van der Waals surface area contributed by atoms with Gasteiger partial charge in [-0.05, 0) is 38.0 Å². The van der Waals surface area contributed by atoms with Crippen LogP contribution in [0.5, 0.6) is 0 Å². The van der Waals surface area contributed by atoms with Gasteiger partial charge in [-0.1, -0.05) is 23.7 Å². The molecule has 2 aromatic rings. The fourth-order valence-electron chi connectivity index (χ4n) is 1.97. The number of thiophene rings is 1. The number of carboxylic acid groups (broad SMARTS) is 1. The molecule has 0 saturated heterocycles. The molecule has 0 spiro atoms. The lowest BCUT2D eigenvalue weighted by Gasteiger charge is -2.08. The Kier molecular flexibility index (Phi) is 4.34. The van der Waals surface area contributed by atoms with E-state index >= 15 is 0 Å². The summed E-state index contributed by atoms with van der Waals surface area (Å²) in [6.45, 7) is 5.35. The van der Waals surface area contributed by atoms with Crippen molar-refractivity contribution in [3.8, 4) is 0 Å². The molecule has 6 heteroatoms. The van der Waals surface area contributed by atoms with E-state index in [4.69, 9.17) is 11.6 Å². The molecule has 1 aromatic carbocycles. The van der Waals surface area contributed by atoms with Crippen molar-refractivity contribution in [2.45, 2.75) is 20.8 Å². The molecule has 21 heavy (non-hydrogen) atoms. The van der Waals surface area contributed by atoms with E-state index in [0.29, 0.717) is 21.2 Å². The Hall–Kier alpha value is -1.85. The summed E-state index contributed by atoms with van der Waals surface area (Å²) < 4.78 is 0. The fourth-order valence-corrected chi connectivity index (χ4v) is 3.23. The maximum atomic E-state index is 12.3. The van der Waals surface area contributed by atoms with E-state index in [1.54, 1.807) is 32.0 Å². The SMILES string of the molecule is Cc1cccc(C(=O)Nc2sc(C)c(C)c2C(=O)O)c1Cl. The Morgan fingerprint density at radius 1 is 1.24 bits per heavy atom. The molecule has 1 heterocycles. The lowest BCUT2D eigenvalue weighted by molar-refractivity contribution is 0.0697. The number of hydrogen-bond acceptors (Lipinski definition) is 3. The minimum absolute atomic E-state index is 0.134. The minimum atomic E-state index is -1.05. The highest BCUT2D eigenvalue weighted by molar-refractivity contribution is 7.16. The first kappa shape index (κ1) is 15.5. The topological polar surface area (TPSA) is 66.4 Å². The van der Waals surface area contributed by atoms with Crippen LogP contribution in [0.4, 0.5) is 5.00 Å². The van der Waals surface area contributed by atoms with Crippen molar-refractivity contribution in [1.29, 1.82) is 0 Å². The third kappa shape index (κ3) is 2.94. The van der Waals surface area contributed by atoms with Crippen molar-refractivity contribution < 1.29 is 14.7 Å². The van der Waals surface area contributed by atoms with Crippen molar-refractivity contribution in [3.05, 3.63) is 50.4 Å². The van der Waals surface area contributed by atoms with E-state index in [1.807, 2.05) is 6.92 Å². The van der Waals surface area contributed by atoms with Gasteiger partial charge in [0.2, 0.25) is 0 Å². The van der Waals surface area contributed by atoms with E-state index in [9.17, 15) is 14.7 Å². The van der Waals surface area contributed by atoms with Gasteiger partial charge in [0, 0.05) is 4.88 Å². The first-order valence-corrected chi connectivity index (χ1v) is 7.42. The molecule has 0 aliphatic rings. The van der Waals surface area contributed by atoms with Crippen LogP contribution in [-0.2, 0) is 0 Å². The molecule has 2 rings (SSSR count). The van der Waals surface area contributed by atoms with E-state index in [1.165, 1.54) is 11.3 Å². The van der Waals surface area contributed by atoms with Gasteiger partial charge in [-0.25, -0.2) is 4.79 Å². The van der Waals surface area contributed by atoms with Gasteiger partial charge in [-0.2, -0.15) is 0 Å². The molecule has 0 saturated carbocycles. The summed E-state index contributed by atoms with van der Waals surface area (Å²) in [6, 6.07) is 5.15. The van der Waals surface area contributed by atoms with E-state index in [0.717, 1.165) is 10.4 Å². The molecule has 0 unspecified atom stereocenters. The second-order valence-electron chi connectivity index (χ2n) is 4.68. The molecule has 2 N–H and O–H groups in total. The highest BCUT2D eigenvalue weighted by Crippen LogP contribution is 2.33. The van der Waals surface area contributed by atoms with Crippen molar-refractivity contribution in [3.63, 3.8) is 0 Å². The van der Waals surface area contributed by atoms with Crippen molar-refractivity contribution in [1.82, 2.24) is 0 Å². The summed E-state index contributed by atoms with van der Waals surface area (Å²) in [7, 11) is 0. The molecule has 110 valence electrons. The number of carboxylic acids is 1. The lowest BCUT2D eigenvalue weighted by atomic mass is 10.1. The highest BCUT2D eigenvalue weighted by atomic mass is 35.5. The number of halogens is 1. The summed E-state index contributed by atoms with van der Waals surface area (Å²) in [4.78, 5) is 24.5. The van der Waals surface area contributed by atoms with Gasteiger partial charge in [-0.3, -0.25) is 4.79 Å². The number of amides is 1. The fraction of sp³-hybridized carbons (Fsp3) is 0.200. The smallest absolute Gasteiger partial charge is 0.338 e. The first-order valence-electron chi connectivity index (χ1n) is 6.22. The number of nitrogens with one attached hydrogen (secondary N) is 1. The molecule has 0 atom stereocenters. The average Bonchev–Trinajstić information content (AvgIpc) is 2.67. The Morgan fingerprint density at radius 2 is 1.90 bits per heavy atom. The second kappa shape index (κ2) is 5.87. The van der Waals surface area contributed by atoms with Crippen LogP contribution in [0.15, 0.2) is 18.2 Å². The van der Waals surface area contributed by atoms with E-state index in [-0.39, 0.29) is 5.56 Å². The van der Waals surface area contributed by atoms with Crippen LogP contribution in [0, 0.1) is 20.8 Å². The van der Waals surface area contributed by atoms with Crippen LogP contribution in [0.1, 0.15) is 36.7 Å². The Bertz CT molecular complexity index is 737. The number of aryl methyl sites for hydroxylation is 2. The van der Waals surface area contributed by atoms with Gasteiger partial charge < -0.3 is 10.4 Å². The molecular weight excluding hydrogens is 310 g/mol. The van der Waals surface area contributed by atoms with Crippen molar-refractivity contribution in [2.24, 2.45) is 0 Å². The molecule has 0 aliphatic heterocycles. The van der Waals surface area contributed by atoms with Crippen LogP contribution >= 0.6 is 22.9 Å². The maximum Gasteiger partial charge on any atom is 0.338 e. The van der Waals surface area contributed by atoms with Gasteiger partial charge in [0.05, 0.1) is 16.1 Å². The number of anilines is 1. The lowest BCUT2D eigenvalue weighted by Crippen LogP contribution is -2.14. The number of carbonyl (C=O) groups excluding carboxylic acids is 1. The number of hydrogen-bond donors (Lipinski definition) is 2. The van der Waals surface area contributed by atoms with Crippen LogP contribution < -0.4 is 5.32 Å². The molecule has 1 amide bonds. The van der Waals surface area contributed by atoms with Crippen LogP contribution in [0.3, 0.4) is 0 Å². The largest absolute Gasteiger partial charge is 0.478 e. The van der Waals surface area contributed by atoms with Gasteiger partial charge in [0.25, 0.3) is 5.91 Å². The molecule has 0 aliphatic carbocycles. The third-order valence-corrected chi connectivity index (χ3v) is 4.89. The summed E-state index contributed by atoms with van der Waals surface area (Å²) >= 11 is 7.37. The highest BCUT2D eigenvalue weighted by Gasteiger charge is 2.21. The quantitative estimate of drug-likeness (QED) is 0.886. The predicted molar refractivity (Wildman–Crippen MR) is 84.9 cm³/mol. The molecule has 0 radical (unpaired) electrons. The first-order chi connectivity index (χ1) is 9.82. The van der Waals surface area contributed by atoms with Gasteiger partial charge >= 0.3 is 5.97 Å². The third-order valence-electron chi connectivity index (χ3n) is 3.26. The summed E-state index contributed by atoms with van der Waals surface area (Å²) in [6.07, 6.45) is 0. The Morgan fingerprint density at radius 3 is 2.52 bits per heavy atom. The Balaban J connectivity index is 2.39. The maximum absolute atomic E-state index is 12.3. The van der Waals surface area contributed by atoms with Gasteiger partial charge in [0.15, 0.2) is 0 Å². The van der Waals surface area contributed by atoms with E-state index in [2.05, 4.69) is 5.32 Å². The normalized spacial score (nSPS) is 10.5. The zero-order valence-corrected chi connectivity index (χ0v) is 13.4. The van der Waals surface area contributed by atoms with Gasteiger partial charge in [-0.15, -0.1) is 11.3 Å². The summed E-state index contributed by atoms with van der Waals surface area (Å²) in [5.74, 6) is -1.46. The number of rotatable bonds is 3. The molecular formula is C15H14ClNO3S. The Labute approximate surface area is 131 Å². The number of aromatic carboxylic acids is 1. The monoisotopic (exact) mass is 323 g/mol. The average molecular weight is 324 g/mol. The zero-order valence-electron chi connectivity index (χ0n) is 11.8. The van der Waals surface area contributed by atoms with E-state index < -0.39 is 11.9 Å². The summed E-state index contributed by atoms with van der Waals surface area (Å²) in [5.41, 5.74) is 1.92. The molecule has 4 nitrogen and oxygen atoms in total. The predicted octanol–water partition coefficient (Wildman–Crippen LogP) is 4.28. The zero-order chi connectivity index (χ0) is 15.7. The molecule has 0 fully saturated rings. The van der Waals surface area contributed by atoms with Crippen molar-refractivity contribution in [2.75, 3.05) is 5.32 Å². The van der Waals surface area contributed by atoms with Crippen LogP contribution in [0.25, 0.3) is 0 Å². The second-order valence-corrected chi connectivity index (χ2v) is 6.29. The van der Waals surface area contributed by atoms with Crippen LogP contribution in [0.2, 0.25) is 5.02 Å². The molecule has 1 aromatic heterocycles. The van der Waals surface area contributed by atoms with Gasteiger partial charge in [0.1, 0.15) is 5.00 Å².